The summed E-state index contributed by atoms with van der Waals surface area (Å²) in [7, 11) is 0. The Morgan fingerprint density at radius 3 is 2.71 bits per heavy atom. The Morgan fingerprint density at radius 1 is 1.24 bits per heavy atom. The van der Waals surface area contributed by atoms with Crippen molar-refractivity contribution >= 4 is 17.4 Å². The van der Waals surface area contributed by atoms with Crippen LogP contribution in [0.25, 0.3) is 0 Å². The molecule has 1 heterocycles. The lowest BCUT2D eigenvalue weighted by Crippen LogP contribution is -2.09. The van der Waals surface area contributed by atoms with Crippen molar-refractivity contribution in [3.8, 4) is 0 Å². The molecule has 1 atom stereocenters. The maximum absolute atomic E-state index is 6.14. The molecule has 0 spiro atoms. The van der Waals surface area contributed by atoms with Crippen LogP contribution >= 0.6 is 11.6 Å². The maximum Gasteiger partial charge on any atom is 0.130 e. The minimum absolute atomic E-state index is 0.109. The number of hydrogen-bond donors (Lipinski definition) is 1. The van der Waals surface area contributed by atoms with Gasteiger partial charge in [0.2, 0.25) is 0 Å². The molecular weight excluding hydrogens is 234 g/mol. The van der Waals surface area contributed by atoms with Gasteiger partial charge in [0.05, 0.1) is 6.04 Å². The lowest BCUT2D eigenvalue weighted by Gasteiger charge is -2.16. The minimum atomic E-state index is 0.109. The first-order chi connectivity index (χ1) is 8.16. The van der Waals surface area contributed by atoms with Gasteiger partial charge in [-0.15, -0.1) is 0 Å². The van der Waals surface area contributed by atoms with Gasteiger partial charge in [0, 0.05) is 11.2 Å². The van der Waals surface area contributed by atoms with E-state index in [1.807, 2.05) is 37.3 Å². The van der Waals surface area contributed by atoms with Crippen molar-refractivity contribution in [2.45, 2.75) is 19.9 Å². The Balaban J connectivity index is 2.17. The molecule has 1 N–H and O–H groups in total. The van der Waals surface area contributed by atoms with Gasteiger partial charge < -0.3 is 5.32 Å². The highest BCUT2D eigenvalue weighted by Gasteiger charge is 2.09. The number of hydrogen-bond acceptors (Lipinski definition) is 3. The van der Waals surface area contributed by atoms with Gasteiger partial charge in [-0.05, 0) is 31.5 Å². The molecule has 88 valence electrons. The van der Waals surface area contributed by atoms with Crippen LogP contribution in [0, 0.1) is 6.92 Å². The Morgan fingerprint density at radius 2 is 2.00 bits per heavy atom. The van der Waals surface area contributed by atoms with E-state index in [1.165, 1.54) is 0 Å². The van der Waals surface area contributed by atoms with Crippen molar-refractivity contribution in [1.29, 1.82) is 0 Å². The maximum atomic E-state index is 6.14. The van der Waals surface area contributed by atoms with E-state index in [0.29, 0.717) is 0 Å². The van der Waals surface area contributed by atoms with Crippen molar-refractivity contribution in [1.82, 2.24) is 9.97 Å². The van der Waals surface area contributed by atoms with Crippen LogP contribution in [0.3, 0.4) is 0 Å². The molecule has 0 bridgehead atoms. The van der Waals surface area contributed by atoms with Crippen LogP contribution in [-0.2, 0) is 0 Å². The first-order valence-electron chi connectivity index (χ1n) is 5.47. The van der Waals surface area contributed by atoms with Gasteiger partial charge in [-0.25, -0.2) is 9.97 Å². The van der Waals surface area contributed by atoms with Crippen molar-refractivity contribution in [3.05, 3.63) is 52.9 Å². The molecule has 0 aliphatic rings. The highest BCUT2D eigenvalue weighted by atomic mass is 35.5. The molecule has 2 aromatic rings. The third-order valence-electron chi connectivity index (χ3n) is 2.51. The Kier molecular flexibility index (Phi) is 3.59. The number of halogens is 1. The van der Waals surface area contributed by atoms with Gasteiger partial charge >= 0.3 is 0 Å². The van der Waals surface area contributed by atoms with Crippen LogP contribution in [0.4, 0.5) is 5.82 Å². The molecule has 0 aliphatic heterocycles. The van der Waals surface area contributed by atoms with Gasteiger partial charge in [0.1, 0.15) is 11.6 Å². The van der Waals surface area contributed by atoms with Gasteiger partial charge in [0.25, 0.3) is 0 Å². The zero-order chi connectivity index (χ0) is 12.3. The first-order valence-corrected chi connectivity index (χ1v) is 5.85. The molecule has 0 saturated carbocycles. The fourth-order valence-electron chi connectivity index (χ4n) is 1.66. The first kappa shape index (κ1) is 11.9. The lowest BCUT2D eigenvalue weighted by atomic mass is 10.1. The summed E-state index contributed by atoms with van der Waals surface area (Å²) in [5.41, 5.74) is 1.06. The van der Waals surface area contributed by atoms with E-state index in [0.717, 1.165) is 22.2 Å². The summed E-state index contributed by atoms with van der Waals surface area (Å²) >= 11 is 6.14. The molecule has 2 rings (SSSR count). The third kappa shape index (κ3) is 2.94. The summed E-state index contributed by atoms with van der Waals surface area (Å²) in [5.74, 6) is 1.56. The van der Waals surface area contributed by atoms with Crippen LogP contribution in [-0.4, -0.2) is 9.97 Å². The fraction of sp³-hybridized carbons (Fsp3) is 0.231. The van der Waals surface area contributed by atoms with E-state index in [4.69, 9.17) is 11.6 Å². The van der Waals surface area contributed by atoms with Crippen molar-refractivity contribution in [2.24, 2.45) is 0 Å². The van der Waals surface area contributed by atoms with Crippen molar-refractivity contribution in [2.75, 3.05) is 5.32 Å². The Bertz CT molecular complexity index is 514. The number of anilines is 1. The molecule has 0 radical (unpaired) electrons. The molecule has 1 aromatic carbocycles. The lowest BCUT2D eigenvalue weighted by molar-refractivity contribution is 0.867. The average Bonchev–Trinajstić information content (AvgIpc) is 2.29. The predicted molar refractivity (Wildman–Crippen MR) is 70.3 cm³/mol. The molecule has 17 heavy (non-hydrogen) atoms. The molecule has 1 unspecified atom stereocenters. The van der Waals surface area contributed by atoms with E-state index >= 15 is 0 Å². The number of nitrogens with one attached hydrogen (secondary N) is 1. The number of aryl methyl sites for hydroxylation is 1. The van der Waals surface area contributed by atoms with E-state index in [1.54, 1.807) is 6.20 Å². The summed E-state index contributed by atoms with van der Waals surface area (Å²) in [6.07, 6.45) is 1.74. The third-order valence-corrected chi connectivity index (χ3v) is 2.86. The van der Waals surface area contributed by atoms with E-state index < -0.39 is 0 Å². The monoisotopic (exact) mass is 247 g/mol. The molecule has 0 amide bonds. The number of aromatic nitrogens is 2. The molecular formula is C13H14ClN3. The molecule has 1 aromatic heterocycles. The molecule has 0 aliphatic carbocycles. The van der Waals surface area contributed by atoms with Crippen molar-refractivity contribution in [3.63, 3.8) is 0 Å². The Labute approximate surface area is 106 Å². The average molecular weight is 248 g/mol. The highest BCUT2D eigenvalue weighted by molar-refractivity contribution is 6.31. The van der Waals surface area contributed by atoms with Gasteiger partial charge in [-0.2, -0.15) is 0 Å². The van der Waals surface area contributed by atoms with Gasteiger partial charge in [-0.1, -0.05) is 29.8 Å². The second-order valence-corrected chi connectivity index (χ2v) is 4.28. The normalized spacial score (nSPS) is 12.2. The van der Waals surface area contributed by atoms with Crippen molar-refractivity contribution < 1.29 is 0 Å². The van der Waals surface area contributed by atoms with Crippen LogP contribution < -0.4 is 5.32 Å². The van der Waals surface area contributed by atoms with E-state index in [2.05, 4.69) is 22.2 Å². The summed E-state index contributed by atoms with van der Waals surface area (Å²) in [4.78, 5) is 8.36. The smallest absolute Gasteiger partial charge is 0.130 e. The minimum Gasteiger partial charge on any atom is -0.363 e. The van der Waals surface area contributed by atoms with Crippen LogP contribution in [0.1, 0.15) is 24.4 Å². The summed E-state index contributed by atoms with van der Waals surface area (Å²) in [6.45, 7) is 3.92. The SMILES string of the molecule is Cc1nccc(NC(C)c2ccccc2Cl)n1. The van der Waals surface area contributed by atoms with E-state index in [-0.39, 0.29) is 6.04 Å². The summed E-state index contributed by atoms with van der Waals surface area (Å²) < 4.78 is 0. The van der Waals surface area contributed by atoms with E-state index in [9.17, 15) is 0 Å². The summed E-state index contributed by atoms with van der Waals surface area (Å²) in [5, 5.41) is 4.07. The second-order valence-electron chi connectivity index (χ2n) is 3.88. The quantitative estimate of drug-likeness (QED) is 0.900. The molecule has 3 nitrogen and oxygen atoms in total. The second kappa shape index (κ2) is 5.15. The zero-order valence-corrected chi connectivity index (χ0v) is 10.6. The molecule has 0 fully saturated rings. The highest BCUT2D eigenvalue weighted by Crippen LogP contribution is 2.24. The standard InChI is InChI=1S/C13H14ClN3/c1-9(11-5-3-4-6-12(11)14)16-13-7-8-15-10(2)17-13/h3-9H,1-2H3,(H,15,16,17). The molecule has 4 heteroatoms. The topological polar surface area (TPSA) is 37.8 Å². The van der Waals surface area contributed by atoms with Crippen LogP contribution in [0.15, 0.2) is 36.5 Å². The predicted octanol–water partition coefficient (Wildman–Crippen LogP) is 3.61. The van der Waals surface area contributed by atoms with Crippen LogP contribution in [0.5, 0.6) is 0 Å². The van der Waals surface area contributed by atoms with Gasteiger partial charge in [-0.3, -0.25) is 0 Å². The van der Waals surface area contributed by atoms with Gasteiger partial charge in [0.15, 0.2) is 0 Å². The molecule has 0 saturated heterocycles. The van der Waals surface area contributed by atoms with Crippen LogP contribution in [0.2, 0.25) is 5.02 Å². The fourth-order valence-corrected chi connectivity index (χ4v) is 1.96. The Hall–Kier alpha value is -1.61. The number of nitrogens with zero attached hydrogens (tertiary/aromatic N) is 2. The largest absolute Gasteiger partial charge is 0.363 e. The summed E-state index contributed by atoms with van der Waals surface area (Å²) in [6, 6.07) is 9.75. The zero-order valence-electron chi connectivity index (χ0n) is 9.81. The number of rotatable bonds is 3. The number of benzene rings is 1.